The Morgan fingerprint density at radius 1 is 1.05 bits per heavy atom. The van der Waals surface area contributed by atoms with Gasteiger partial charge >= 0.3 is 0 Å². The van der Waals surface area contributed by atoms with Gasteiger partial charge in [-0.2, -0.15) is 0 Å². The molecule has 4 N–H and O–H groups in total. The topological polar surface area (TPSA) is 95.4 Å². The minimum absolute atomic E-state index is 0.138. The summed E-state index contributed by atoms with van der Waals surface area (Å²) in [4.78, 5) is -0.355. The average Bonchev–Trinajstić information content (AvgIpc) is 2.35. The van der Waals surface area contributed by atoms with Gasteiger partial charge in [0.2, 0.25) is 10.0 Å². The first-order chi connectivity index (χ1) is 9.29. The molecular weight excluding hydrogens is 290 g/mol. The van der Waals surface area contributed by atoms with Crippen LogP contribution in [0.2, 0.25) is 0 Å². The minimum atomic E-state index is -4.04. The van der Waals surface area contributed by atoms with E-state index >= 15 is 0 Å². The fourth-order valence-corrected chi connectivity index (χ4v) is 2.21. The molecule has 0 heterocycles. The molecule has 0 saturated heterocycles. The van der Waals surface area contributed by atoms with Crippen molar-refractivity contribution in [2.45, 2.75) is 4.90 Å². The summed E-state index contributed by atoms with van der Waals surface area (Å²) in [6.45, 7) is 0. The lowest BCUT2D eigenvalue weighted by Crippen LogP contribution is -2.14. The van der Waals surface area contributed by atoms with Crippen LogP contribution in [0, 0.1) is 11.6 Å². The van der Waals surface area contributed by atoms with Gasteiger partial charge in [-0.1, -0.05) is 6.07 Å². The van der Waals surface area contributed by atoms with E-state index in [0.29, 0.717) is 0 Å². The fourth-order valence-electron chi connectivity index (χ4n) is 1.53. The largest absolute Gasteiger partial charge is 0.452 e. The molecule has 0 saturated carbocycles. The summed E-state index contributed by atoms with van der Waals surface area (Å²) in [6, 6.07) is 6.44. The lowest BCUT2D eigenvalue weighted by atomic mass is 10.3. The van der Waals surface area contributed by atoms with Crippen LogP contribution in [0.4, 0.5) is 14.5 Å². The molecule has 20 heavy (non-hydrogen) atoms. The number of rotatable bonds is 3. The van der Waals surface area contributed by atoms with Crippen LogP contribution in [0.15, 0.2) is 41.3 Å². The lowest BCUT2D eigenvalue weighted by Gasteiger charge is -2.11. The summed E-state index contributed by atoms with van der Waals surface area (Å²) >= 11 is 0. The van der Waals surface area contributed by atoms with Crippen LogP contribution < -0.4 is 15.6 Å². The smallest absolute Gasteiger partial charge is 0.240 e. The molecule has 0 aliphatic carbocycles. The number of anilines is 1. The quantitative estimate of drug-likeness (QED) is 0.847. The summed E-state index contributed by atoms with van der Waals surface area (Å²) in [5.74, 6) is -2.07. The van der Waals surface area contributed by atoms with Crippen LogP contribution in [-0.2, 0) is 10.0 Å². The van der Waals surface area contributed by atoms with E-state index in [1.54, 1.807) is 0 Å². The first kappa shape index (κ1) is 14.2. The number of ether oxygens (including phenoxy) is 1. The highest BCUT2D eigenvalue weighted by Gasteiger charge is 2.17. The first-order valence-corrected chi connectivity index (χ1v) is 6.88. The number of nitrogen functional groups attached to an aromatic ring is 1. The van der Waals surface area contributed by atoms with Crippen LogP contribution in [0.5, 0.6) is 11.5 Å². The van der Waals surface area contributed by atoms with Crippen molar-refractivity contribution < 1.29 is 21.9 Å². The van der Waals surface area contributed by atoms with Gasteiger partial charge in [0.25, 0.3) is 0 Å². The van der Waals surface area contributed by atoms with Gasteiger partial charge in [0.05, 0.1) is 5.69 Å². The van der Waals surface area contributed by atoms with Gasteiger partial charge < -0.3 is 10.5 Å². The Morgan fingerprint density at radius 2 is 1.75 bits per heavy atom. The highest BCUT2D eigenvalue weighted by Crippen LogP contribution is 2.33. The third-order valence-electron chi connectivity index (χ3n) is 2.45. The van der Waals surface area contributed by atoms with E-state index in [0.717, 1.165) is 18.2 Å². The Hall–Kier alpha value is -2.19. The van der Waals surface area contributed by atoms with Gasteiger partial charge in [-0.3, -0.25) is 0 Å². The summed E-state index contributed by atoms with van der Waals surface area (Å²) in [5.41, 5.74) is 5.33. The maximum atomic E-state index is 13.4. The summed E-state index contributed by atoms with van der Waals surface area (Å²) in [6.07, 6.45) is 0. The first-order valence-electron chi connectivity index (χ1n) is 5.33. The Bertz CT molecular complexity index is 763. The molecule has 0 aliphatic heterocycles. The Labute approximate surface area is 113 Å². The maximum absolute atomic E-state index is 13.4. The molecule has 0 atom stereocenters. The molecule has 0 radical (unpaired) electrons. The predicted molar refractivity (Wildman–Crippen MR) is 68.7 cm³/mol. The number of hydrogen-bond donors (Lipinski definition) is 2. The maximum Gasteiger partial charge on any atom is 0.240 e. The number of hydrogen-bond acceptors (Lipinski definition) is 4. The van der Waals surface area contributed by atoms with Crippen LogP contribution >= 0.6 is 0 Å². The van der Waals surface area contributed by atoms with Crippen molar-refractivity contribution in [2.24, 2.45) is 5.14 Å². The van der Waals surface area contributed by atoms with Crippen molar-refractivity contribution in [3.63, 3.8) is 0 Å². The standard InChI is InChI=1S/C12H10F2N2O3S/c13-7-4-5-8(14)10(6-7)19-9-2-1-3-11(12(9)15)20(16,17)18/h1-6H,15H2,(H2,16,17,18). The molecule has 8 heteroatoms. The number of nitrogens with two attached hydrogens (primary N) is 2. The SMILES string of the molecule is Nc1c(Oc2cc(F)ccc2F)cccc1S(N)(=O)=O. The van der Waals surface area contributed by atoms with Gasteiger partial charge in [0, 0.05) is 6.07 Å². The van der Waals surface area contributed by atoms with Crippen molar-refractivity contribution in [2.75, 3.05) is 5.73 Å². The molecule has 0 amide bonds. The number of sulfonamides is 1. The molecule has 0 unspecified atom stereocenters. The van der Waals surface area contributed by atoms with Crippen molar-refractivity contribution >= 4 is 15.7 Å². The molecule has 0 fully saturated rings. The lowest BCUT2D eigenvalue weighted by molar-refractivity contribution is 0.437. The molecule has 0 bridgehead atoms. The Kier molecular flexibility index (Phi) is 3.60. The van der Waals surface area contributed by atoms with Gasteiger partial charge in [0.15, 0.2) is 17.3 Å². The normalized spacial score (nSPS) is 11.3. The third-order valence-corrected chi connectivity index (χ3v) is 3.41. The summed E-state index contributed by atoms with van der Waals surface area (Å²) < 4.78 is 54.1. The Balaban J connectivity index is 2.47. The van der Waals surface area contributed by atoms with Crippen LogP contribution in [-0.4, -0.2) is 8.42 Å². The van der Waals surface area contributed by atoms with Crippen molar-refractivity contribution in [1.82, 2.24) is 0 Å². The molecular formula is C12H10F2N2O3S. The second kappa shape index (κ2) is 5.06. The van der Waals surface area contributed by atoms with Crippen molar-refractivity contribution in [3.05, 3.63) is 48.0 Å². The molecule has 0 aliphatic rings. The molecule has 0 spiro atoms. The van der Waals surface area contributed by atoms with Gasteiger partial charge in [-0.05, 0) is 24.3 Å². The van der Waals surface area contributed by atoms with Gasteiger partial charge in [-0.15, -0.1) is 0 Å². The van der Waals surface area contributed by atoms with E-state index in [1.165, 1.54) is 18.2 Å². The molecule has 0 aromatic heterocycles. The monoisotopic (exact) mass is 300 g/mol. The molecule has 106 valence electrons. The highest BCUT2D eigenvalue weighted by atomic mass is 32.2. The van der Waals surface area contributed by atoms with E-state index < -0.39 is 27.4 Å². The molecule has 2 aromatic rings. The second-order valence-corrected chi connectivity index (χ2v) is 5.42. The predicted octanol–water partition coefficient (Wildman–Crippen LogP) is 1.99. The number of para-hydroxylation sites is 1. The average molecular weight is 300 g/mol. The van der Waals surface area contributed by atoms with E-state index in [1.807, 2.05) is 0 Å². The van der Waals surface area contributed by atoms with Crippen LogP contribution in [0.3, 0.4) is 0 Å². The Morgan fingerprint density at radius 3 is 2.40 bits per heavy atom. The van der Waals surface area contributed by atoms with E-state index in [4.69, 9.17) is 15.6 Å². The third kappa shape index (κ3) is 2.86. The van der Waals surface area contributed by atoms with E-state index in [2.05, 4.69) is 0 Å². The fraction of sp³-hybridized carbons (Fsp3) is 0. The highest BCUT2D eigenvalue weighted by molar-refractivity contribution is 7.89. The van der Waals surface area contributed by atoms with Crippen LogP contribution in [0.1, 0.15) is 0 Å². The number of primary sulfonamides is 1. The minimum Gasteiger partial charge on any atom is -0.452 e. The number of benzene rings is 2. The molecule has 2 rings (SSSR count). The summed E-state index contributed by atoms with van der Waals surface area (Å²) in [5, 5.41) is 4.98. The second-order valence-electron chi connectivity index (χ2n) is 3.89. The van der Waals surface area contributed by atoms with Crippen LogP contribution in [0.25, 0.3) is 0 Å². The van der Waals surface area contributed by atoms with E-state index in [9.17, 15) is 17.2 Å². The van der Waals surface area contributed by atoms with Gasteiger partial charge in [-0.25, -0.2) is 22.3 Å². The zero-order valence-electron chi connectivity index (χ0n) is 10.0. The van der Waals surface area contributed by atoms with E-state index in [-0.39, 0.29) is 16.3 Å². The van der Waals surface area contributed by atoms with Gasteiger partial charge in [0.1, 0.15) is 10.7 Å². The molecule has 2 aromatic carbocycles. The molecule has 5 nitrogen and oxygen atoms in total. The summed E-state index contributed by atoms with van der Waals surface area (Å²) in [7, 11) is -4.04. The number of halogens is 2. The van der Waals surface area contributed by atoms with Crippen molar-refractivity contribution in [3.8, 4) is 11.5 Å². The zero-order valence-corrected chi connectivity index (χ0v) is 10.8. The zero-order chi connectivity index (χ0) is 14.9. The van der Waals surface area contributed by atoms with Crippen molar-refractivity contribution in [1.29, 1.82) is 0 Å².